The van der Waals surface area contributed by atoms with Crippen molar-refractivity contribution in [1.82, 2.24) is 0 Å². The Morgan fingerprint density at radius 1 is 0.649 bits per heavy atom. The van der Waals surface area contributed by atoms with Gasteiger partial charge in [0, 0.05) is 28.3 Å². The maximum Gasteiger partial charge on any atom is 0.256 e. The molecule has 0 radical (unpaired) electrons. The van der Waals surface area contributed by atoms with E-state index in [-0.39, 0.29) is 33.8 Å². The molecule has 0 N–H and O–H groups in total. The molecular weight excluding hydrogens is 691 g/mol. The zero-order chi connectivity index (χ0) is 39.2. The first-order chi connectivity index (χ1) is 27.1. The minimum absolute atomic E-state index is 0.0340. The molecule has 1 aromatic heterocycles. The fraction of sp³-hybridized carbons (Fsp3) is 0.358. The van der Waals surface area contributed by atoms with Crippen LogP contribution in [-0.4, -0.2) is 6.71 Å². The highest BCUT2D eigenvalue weighted by atomic mass is 16.4. The van der Waals surface area contributed by atoms with Crippen LogP contribution in [0.5, 0.6) is 0 Å². The van der Waals surface area contributed by atoms with Gasteiger partial charge in [-0.25, -0.2) is 0 Å². The zero-order valence-corrected chi connectivity index (χ0v) is 35.2. The van der Waals surface area contributed by atoms with Crippen molar-refractivity contribution in [1.29, 1.82) is 0 Å². The lowest BCUT2D eigenvalue weighted by atomic mass is 9.32. The Kier molecular flexibility index (Phi) is 6.32. The Labute approximate surface area is 339 Å². The van der Waals surface area contributed by atoms with Gasteiger partial charge in [-0.2, -0.15) is 0 Å². The van der Waals surface area contributed by atoms with Crippen LogP contribution in [0.2, 0.25) is 0 Å². The normalized spacial score (nSPS) is 25.2. The number of furan rings is 1. The van der Waals surface area contributed by atoms with Gasteiger partial charge in [0.1, 0.15) is 5.76 Å². The highest BCUT2D eigenvalue weighted by molar-refractivity contribution is 7.00. The Morgan fingerprint density at radius 3 is 2.09 bits per heavy atom. The third-order valence-electron chi connectivity index (χ3n) is 15.9. The summed E-state index contributed by atoms with van der Waals surface area (Å²) in [5.74, 6) is 2.22. The molecule has 3 atom stereocenters. The van der Waals surface area contributed by atoms with E-state index in [0.717, 1.165) is 25.1 Å². The number of rotatable bonds is 1. The molecule has 57 heavy (non-hydrogen) atoms. The maximum absolute atomic E-state index is 7.77. The molecule has 0 fully saturated rings. The fourth-order valence-corrected chi connectivity index (χ4v) is 12.7. The predicted octanol–water partition coefficient (Wildman–Crippen LogP) is 12.0. The molecule has 0 amide bonds. The van der Waals surface area contributed by atoms with Crippen molar-refractivity contribution in [2.45, 2.75) is 121 Å². The molecule has 5 aromatic carbocycles. The molecular formula is C53H53BN2O. The molecule has 2 aliphatic carbocycles. The standard InChI is InChI=1S/C53H53BN2O/c1-31-26-42-45-43(27-31)56-40-13-11-10-12-36(40)32-14-16-34(17-15-32)53(9)25-24-52(8)30-51(7)23-22-50(5,6)37-29-41(55(42)35-20-18-33(19-21-35)49(2,3)4)39(28-38(37)51)54(45)46-44(52)47(53)57-48(46)56/h10-21,26-29H,22-25,30H2,1-9H3. The molecule has 13 rings (SSSR count). The van der Waals surface area contributed by atoms with Crippen LogP contribution in [0, 0.1) is 6.92 Å². The van der Waals surface area contributed by atoms with Crippen LogP contribution in [0.3, 0.4) is 0 Å². The molecule has 3 unspecified atom stereocenters. The second-order valence-electron chi connectivity index (χ2n) is 21.2. The molecule has 3 nitrogen and oxygen atoms in total. The molecule has 5 aliphatic heterocycles. The van der Waals surface area contributed by atoms with E-state index in [4.69, 9.17) is 4.42 Å². The van der Waals surface area contributed by atoms with Crippen molar-refractivity contribution in [3.05, 3.63) is 136 Å². The van der Waals surface area contributed by atoms with Crippen molar-refractivity contribution in [3.8, 4) is 11.1 Å². The number of anilines is 6. The van der Waals surface area contributed by atoms with E-state index in [0.29, 0.717) is 0 Å². The Bertz CT molecular complexity index is 2750. The molecule has 6 bridgehead atoms. The van der Waals surface area contributed by atoms with E-state index in [9.17, 15) is 0 Å². The molecule has 0 saturated heterocycles. The predicted molar refractivity (Wildman–Crippen MR) is 239 cm³/mol. The smallest absolute Gasteiger partial charge is 0.256 e. The maximum atomic E-state index is 7.77. The highest BCUT2D eigenvalue weighted by Gasteiger charge is 2.58. The monoisotopic (exact) mass is 744 g/mol. The number of benzene rings is 5. The van der Waals surface area contributed by atoms with E-state index in [1.54, 1.807) is 5.56 Å². The summed E-state index contributed by atoms with van der Waals surface area (Å²) in [4.78, 5) is 5.18. The van der Waals surface area contributed by atoms with Crippen LogP contribution in [0.15, 0.2) is 101 Å². The van der Waals surface area contributed by atoms with Gasteiger partial charge < -0.3 is 9.32 Å². The summed E-state index contributed by atoms with van der Waals surface area (Å²) in [5.41, 5.74) is 21.4. The molecule has 4 heteroatoms. The molecule has 0 saturated carbocycles. The van der Waals surface area contributed by atoms with Crippen molar-refractivity contribution in [2.24, 2.45) is 0 Å². The number of nitrogens with zero attached hydrogens (tertiary/aromatic N) is 2. The number of para-hydroxylation sites is 1. The van der Waals surface area contributed by atoms with E-state index in [1.165, 1.54) is 102 Å². The van der Waals surface area contributed by atoms with Gasteiger partial charge in [0.15, 0.2) is 5.88 Å². The average Bonchev–Trinajstić information content (AvgIpc) is 3.60. The number of fused-ring (bicyclic) bond motifs is 2. The first-order valence-corrected chi connectivity index (χ1v) is 21.5. The minimum Gasteiger partial charge on any atom is -0.444 e. The summed E-state index contributed by atoms with van der Waals surface area (Å²) in [5, 5.41) is 0. The zero-order valence-electron chi connectivity index (χ0n) is 35.2. The van der Waals surface area contributed by atoms with Crippen molar-refractivity contribution < 1.29 is 4.42 Å². The van der Waals surface area contributed by atoms with E-state index in [1.807, 2.05) is 0 Å². The summed E-state index contributed by atoms with van der Waals surface area (Å²) in [6, 6.07) is 38.3. The molecule has 0 spiro atoms. The van der Waals surface area contributed by atoms with Crippen LogP contribution in [0.4, 0.5) is 34.3 Å². The van der Waals surface area contributed by atoms with E-state index < -0.39 is 0 Å². The van der Waals surface area contributed by atoms with Crippen LogP contribution in [-0.2, 0) is 27.1 Å². The molecule has 6 aromatic rings. The second-order valence-corrected chi connectivity index (χ2v) is 21.2. The van der Waals surface area contributed by atoms with Crippen LogP contribution in [0.1, 0.15) is 127 Å². The summed E-state index contributed by atoms with van der Waals surface area (Å²) in [6.45, 7) is 22.0. The highest BCUT2D eigenvalue weighted by Crippen LogP contribution is 2.61. The van der Waals surface area contributed by atoms with Gasteiger partial charge in [-0.15, -0.1) is 0 Å². The van der Waals surface area contributed by atoms with E-state index in [2.05, 4.69) is 169 Å². The topological polar surface area (TPSA) is 19.6 Å². The van der Waals surface area contributed by atoms with Crippen molar-refractivity contribution in [3.63, 3.8) is 0 Å². The summed E-state index contributed by atoms with van der Waals surface area (Å²) in [6.07, 6.45) is 5.68. The Balaban J connectivity index is 1.27. The molecule has 7 aliphatic rings. The molecule has 284 valence electrons. The SMILES string of the molecule is Cc1cc2c3c(c1)N1c4ccccc4-c4ccc(cc4)C4(C)CCC5(C)CC6(C)CCC(C)(C)c7cc(c(cc76)B3c3c1oc4c35)N2c1ccc(C(C)(C)C)cc1. The Hall–Kier alpha value is -4.96. The van der Waals surface area contributed by atoms with Crippen LogP contribution >= 0.6 is 0 Å². The lowest BCUT2D eigenvalue weighted by Crippen LogP contribution is -2.62. The second kappa shape index (κ2) is 10.6. The first-order valence-electron chi connectivity index (χ1n) is 21.5. The first kappa shape index (κ1) is 34.1. The van der Waals surface area contributed by atoms with Gasteiger partial charge >= 0.3 is 0 Å². The van der Waals surface area contributed by atoms with Crippen LogP contribution in [0.25, 0.3) is 11.1 Å². The third kappa shape index (κ3) is 4.25. The van der Waals surface area contributed by atoms with Gasteiger partial charge in [-0.1, -0.05) is 109 Å². The van der Waals surface area contributed by atoms with Crippen molar-refractivity contribution >= 4 is 57.4 Å². The Morgan fingerprint density at radius 2 is 1.35 bits per heavy atom. The van der Waals surface area contributed by atoms with E-state index >= 15 is 0 Å². The minimum atomic E-state index is -0.247. The van der Waals surface area contributed by atoms with Crippen LogP contribution < -0.4 is 26.2 Å². The summed E-state index contributed by atoms with van der Waals surface area (Å²) in [7, 11) is 0. The summed E-state index contributed by atoms with van der Waals surface area (Å²) >= 11 is 0. The summed E-state index contributed by atoms with van der Waals surface area (Å²) < 4.78 is 7.77. The fourth-order valence-electron chi connectivity index (χ4n) is 12.7. The number of hydrogen-bond donors (Lipinski definition) is 0. The largest absolute Gasteiger partial charge is 0.444 e. The lowest BCUT2D eigenvalue weighted by molar-refractivity contribution is 0.202. The quantitative estimate of drug-likeness (QED) is 0.156. The van der Waals surface area contributed by atoms with Gasteiger partial charge in [0.2, 0.25) is 0 Å². The molecule has 6 heterocycles. The van der Waals surface area contributed by atoms with Crippen molar-refractivity contribution in [2.75, 3.05) is 9.80 Å². The lowest BCUT2D eigenvalue weighted by Gasteiger charge is -2.50. The van der Waals surface area contributed by atoms with Gasteiger partial charge in [-0.3, -0.25) is 4.90 Å². The number of hydrogen-bond acceptors (Lipinski definition) is 3. The van der Waals surface area contributed by atoms with Gasteiger partial charge in [0.25, 0.3) is 6.71 Å². The number of aryl methyl sites for hydroxylation is 1. The average molecular weight is 745 g/mol. The van der Waals surface area contributed by atoms with Gasteiger partial charge in [-0.05, 0) is 159 Å². The third-order valence-corrected chi connectivity index (χ3v) is 15.9. The van der Waals surface area contributed by atoms with Gasteiger partial charge in [0.05, 0.1) is 11.1 Å².